The molecule has 0 spiro atoms. The highest BCUT2D eigenvalue weighted by molar-refractivity contribution is 7.94. The Bertz CT molecular complexity index is 916. The van der Waals surface area contributed by atoms with Crippen molar-refractivity contribution in [2.75, 3.05) is 12.9 Å². The molecule has 0 bridgehead atoms. The van der Waals surface area contributed by atoms with Gasteiger partial charge in [0.05, 0.1) is 24.6 Å². The molecule has 0 saturated heterocycles. The van der Waals surface area contributed by atoms with Crippen LogP contribution in [-0.4, -0.2) is 38.2 Å². The number of ether oxygens (including phenoxy) is 1. The predicted octanol–water partition coefficient (Wildman–Crippen LogP) is 2.17. The number of nitrogens with zero attached hydrogens (tertiary/aromatic N) is 1. The van der Waals surface area contributed by atoms with Gasteiger partial charge in [0.2, 0.25) is 0 Å². The number of rotatable bonds is 4. The van der Waals surface area contributed by atoms with Crippen molar-refractivity contribution in [3.05, 3.63) is 46.3 Å². The Kier molecular flexibility index (Phi) is 4.42. The van der Waals surface area contributed by atoms with E-state index in [1.807, 2.05) is 24.3 Å². The van der Waals surface area contributed by atoms with Gasteiger partial charge < -0.3 is 10.1 Å². The van der Waals surface area contributed by atoms with Gasteiger partial charge in [0, 0.05) is 11.0 Å². The molecule has 1 aromatic carbocycles. The van der Waals surface area contributed by atoms with Crippen LogP contribution in [0.15, 0.2) is 35.7 Å². The molecule has 1 atom stereocenters. The summed E-state index contributed by atoms with van der Waals surface area (Å²) in [6.45, 7) is 1.76. The molecule has 126 valence electrons. The number of hydrogen-bond acceptors (Lipinski definition) is 6. The molecule has 2 aromatic rings. The minimum Gasteiger partial charge on any atom is -0.497 e. The Balaban J connectivity index is 1.81. The average Bonchev–Trinajstić information content (AvgIpc) is 3.09. The molecule has 1 amide bonds. The van der Waals surface area contributed by atoms with E-state index in [1.165, 1.54) is 17.4 Å². The lowest BCUT2D eigenvalue weighted by molar-refractivity contribution is 0.0951. The van der Waals surface area contributed by atoms with Crippen LogP contribution in [0.3, 0.4) is 0 Å². The molecule has 1 aliphatic rings. The highest BCUT2D eigenvalue weighted by atomic mass is 32.2. The maximum Gasteiger partial charge on any atom is 0.263 e. The number of methoxy groups -OCH3 is 1. The highest BCUT2D eigenvalue weighted by Crippen LogP contribution is 2.30. The summed E-state index contributed by atoms with van der Waals surface area (Å²) in [5.41, 5.74) is 1.48. The molecule has 1 N–H and O–H groups in total. The van der Waals surface area contributed by atoms with Crippen molar-refractivity contribution in [3.8, 4) is 16.3 Å². The van der Waals surface area contributed by atoms with Gasteiger partial charge in [0.25, 0.3) is 5.91 Å². The Morgan fingerprint density at radius 3 is 2.88 bits per heavy atom. The fourth-order valence-corrected chi connectivity index (χ4v) is 4.59. The van der Waals surface area contributed by atoms with Crippen molar-refractivity contribution in [2.24, 2.45) is 0 Å². The van der Waals surface area contributed by atoms with Crippen molar-refractivity contribution in [1.29, 1.82) is 0 Å². The van der Waals surface area contributed by atoms with E-state index in [-0.39, 0.29) is 11.7 Å². The zero-order valence-electron chi connectivity index (χ0n) is 13.1. The van der Waals surface area contributed by atoms with Crippen LogP contribution in [0.25, 0.3) is 10.6 Å². The summed E-state index contributed by atoms with van der Waals surface area (Å²) in [5.74, 6) is 0.304. The average molecular weight is 364 g/mol. The largest absolute Gasteiger partial charge is 0.497 e. The molecule has 8 heteroatoms. The van der Waals surface area contributed by atoms with Crippen molar-refractivity contribution in [3.63, 3.8) is 0 Å². The maximum absolute atomic E-state index is 12.4. The lowest BCUT2D eigenvalue weighted by Crippen LogP contribution is -2.35. The molecule has 0 aliphatic carbocycles. The van der Waals surface area contributed by atoms with Crippen LogP contribution < -0.4 is 10.1 Å². The quantitative estimate of drug-likeness (QED) is 0.899. The number of nitrogens with one attached hydrogen (secondary N) is 1. The molecule has 0 fully saturated rings. The third-order valence-corrected chi connectivity index (χ3v) is 6.17. The van der Waals surface area contributed by atoms with E-state index in [4.69, 9.17) is 4.74 Å². The number of thiazole rings is 1. The van der Waals surface area contributed by atoms with Crippen LogP contribution in [0, 0.1) is 6.92 Å². The third kappa shape index (κ3) is 3.49. The first-order valence-corrected chi connectivity index (χ1v) is 9.75. The Hall–Kier alpha value is -2.19. The van der Waals surface area contributed by atoms with E-state index in [0.717, 1.165) is 11.0 Å². The molecule has 0 saturated carbocycles. The van der Waals surface area contributed by atoms with Crippen molar-refractivity contribution in [2.45, 2.75) is 13.0 Å². The number of aromatic nitrogens is 1. The second-order valence-corrected chi connectivity index (χ2v) is 8.33. The van der Waals surface area contributed by atoms with Crippen molar-refractivity contribution in [1.82, 2.24) is 10.3 Å². The lowest BCUT2D eigenvalue weighted by Gasteiger charge is -2.08. The number of benzene rings is 1. The predicted molar refractivity (Wildman–Crippen MR) is 93.0 cm³/mol. The standard InChI is InChI=1S/C16H16N2O4S2/c1-10-14(15(19)18-12-6-7-24(20,21)9-12)23-16(17-10)11-4-3-5-13(8-11)22-2/h3-8,12H,9H2,1-2H3,(H,18,19). The zero-order chi connectivity index (χ0) is 17.3. The van der Waals surface area contributed by atoms with Gasteiger partial charge in [0.1, 0.15) is 15.6 Å². The first-order chi connectivity index (χ1) is 11.4. The third-order valence-electron chi connectivity index (χ3n) is 3.57. The van der Waals surface area contributed by atoms with E-state index < -0.39 is 15.9 Å². The molecule has 3 rings (SSSR count). The van der Waals surface area contributed by atoms with Crippen LogP contribution in [0.4, 0.5) is 0 Å². The van der Waals surface area contributed by atoms with Crippen LogP contribution in [-0.2, 0) is 9.84 Å². The SMILES string of the molecule is COc1cccc(-c2nc(C)c(C(=O)NC3C=CS(=O)(=O)C3)s2)c1. The Labute approximate surface area is 144 Å². The molecule has 1 unspecified atom stereocenters. The fourth-order valence-electron chi connectivity index (χ4n) is 2.39. The van der Waals surface area contributed by atoms with Gasteiger partial charge in [0.15, 0.2) is 9.84 Å². The molecule has 1 aromatic heterocycles. The monoisotopic (exact) mass is 364 g/mol. The van der Waals surface area contributed by atoms with Crippen molar-refractivity contribution < 1.29 is 17.9 Å². The Morgan fingerprint density at radius 2 is 2.21 bits per heavy atom. The van der Waals surface area contributed by atoms with Gasteiger partial charge in [-0.05, 0) is 25.1 Å². The second-order valence-electron chi connectivity index (χ2n) is 5.40. The number of carbonyl (C=O) groups is 1. The number of hydrogen-bond donors (Lipinski definition) is 1. The summed E-state index contributed by atoms with van der Waals surface area (Å²) < 4.78 is 28.0. The summed E-state index contributed by atoms with van der Waals surface area (Å²) in [5, 5.41) is 4.57. The van der Waals surface area contributed by atoms with Crippen LogP contribution in [0.2, 0.25) is 0 Å². The molecular weight excluding hydrogens is 348 g/mol. The van der Waals surface area contributed by atoms with Gasteiger partial charge in [-0.1, -0.05) is 12.1 Å². The van der Waals surface area contributed by atoms with Crippen LogP contribution in [0.5, 0.6) is 5.75 Å². The maximum atomic E-state index is 12.4. The number of carbonyl (C=O) groups excluding carboxylic acids is 1. The molecule has 24 heavy (non-hydrogen) atoms. The Morgan fingerprint density at radius 1 is 1.42 bits per heavy atom. The number of amides is 1. The van der Waals surface area contributed by atoms with E-state index >= 15 is 0 Å². The molecule has 1 aliphatic heterocycles. The van der Waals surface area contributed by atoms with Gasteiger partial charge in [-0.25, -0.2) is 13.4 Å². The van der Waals surface area contributed by atoms with Gasteiger partial charge in [-0.15, -0.1) is 11.3 Å². The first-order valence-electron chi connectivity index (χ1n) is 7.21. The fraction of sp³-hybridized carbons (Fsp3) is 0.250. The van der Waals surface area contributed by atoms with E-state index in [2.05, 4.69) is 10.3 Å². The molecule has 0 radical (unpaired) electrons. The van der Waals surface area contributed by atoms with E-state index in [1.54, 1.807) is 14.0 Å². The van der Waals surface area contributed by atoms with Crippen LogP contribution >= 0.6 is 11.3 Å². The summed E-state index contributed by atoms with van der Waals surface area (Å²) in [4.78, 5) is 17.3. The molecular formula is C16H16N2O4S2. The number of aryl methyl sites for hydroxylation is 1. The molecule has 2 heterocycles. The van der Waals surface area contributed by atoms with Crippen LogP contribution in [0.1, 0.15) is 15.4 Å². The van der Waals surface area contributed by atoms with Gasteiger partial charge in [-0.3, -0.25) is 4.79 Å². The van der Waals surface area contributed by atoms with E-state index in [9.17, 15) is 13.2 Å². The van der Waals surface area contributed by atoms with Gasteiger partial charge >= 0.3 is 0 Å². The summed E-state index contributed by atoms with van der Waals surface area (Å²) >= 11 is 1.27. The number of sulfone groups is 1. The first kappa shape index (κ1) is 16.7. The smallest absolute Gasteiger partial charge is 0.263 e. The zero-order valence-corrected chi connectivity index (χ0v) is 14.8. The summed E-state index contributed by atoms with van der Waals surface area (Å²) in [6.07, 6.45) is 1.49. The van der Waals surface area contributed by atoms with Gasteiger partial charge in [-0.2, -0.15) is 0 Å². The second kappa shape index (κ2) is 6.37. The lowest BCUT2D eigenvalue weighted by atomic mass is 10.2. The molecule has 6 nitrogen and oxygen atoms in total. The minimum absolute atomic E-state index is 0.0979. The van der Waals surface area contributed by atoms with Crippen molar-refractivity contribution >= 4 is 27.1 Å². The minimum atomic E-state index is -3.20. The highest BCUT2D eigenvalue weighted by Gasteiger charge is 2.25. The summed E-state index contributed by atoms with van der Waals surface area (Å²) in [7, 11) is -1.61. The normalized spacial score (nSPS) is 18.5. The topological polar surface area (TPSA) is 85.4 Å². The van der Waals surface area contributed by atoms with E-state index in [0.29, 0.717) is 21.3 Å². The summed E-state index contributed by atoms with van der Waals surface area (Å²) in [6, 6.07) is 6.95.